The number of aryl methyl sites for hydroxylation is 1. The summed E-state index contributed by atoms with van der Waals surface area (Å²) in [7, 11) is 1.55. The minimum Gasteiger partial charge on any atom is -0.491 e. The van der Waals surface area contributed by atoms with Crippen LogP contribution in [0, 0.1) is 0 Å². The van der Waals surface area contributed by atoms with Crippen LogP contribution in [0.25, 0.3) is 11.5 Å². The van der Waals surface area contributed by atoms with Crippen molar-refractivity contribution in [1.82, 2.24) is 19.7 Å². The summed E-state index contributed by atoms with van der Waals surface area (Å²) in [6, 6.07) is 0. The van der Waals surface area contributed by atoms with E-state index in [1.165, 1.54) is 5.57 Å². The molecule has 0 radical (unpaired) electrons. The third-order valence-corrected chi connectivity index (χ3v) is 3.90. The van der Waals surface area contributed by atoms with Crippen LogP contribution >= 0.6 is 0 Å². The summed E-state index contributed by atoms with van der Waals surface area (Å²) in [5.41, 5.74) is 9.16. The molecule has 6 heteroatoms. The van der Waals surface area contributed by atoms with Gasteiger partial charge in [-0.1, -0.05) is 25.2 Å². The predicted octanol–water partition coefficient (Wildman–Crippen LogP) is 2.77. The van der Waals surface area contributed by atoms with E-state index in [9.17, 15) is 0 Å². The highest BCUT2D eigenvalue weighted by Crippen LogP contribution is 2.24. The van der Waals surface area contributed by atoms with Gasteiger partial charge < -0.3 is 10.5 Å². The second-order valence-corrected chi connectivity index (χ2v) is 5.49. The van der Waals surface area contributed by atoms with Crippen LogP contribution in [0.4, 0.5) is 5.82 Å². The molecule has 1 aliphatic rings. The van der Waals surface area contributed by atoms with Crippen molar-refractivity contribution < 1.29 is 4.74 Å². The summed E-state index contributed by atoms with van der Waals surface area (Å²) in [6.45, 7) is 2.89. The molecule has 2 aromatic rings. The minimum atomic E-state index is 0.328. The molecule has 23 heavy (non-hydrogen) atoms. The third kappa shape index (κ3) is 3.26. The smallest absolute Gasteiger partial charge is 0.182 e. The molecule has 2 heterocycles. The van der Waals surface area contributed by atoms with Crippen molar-refractivity contribution in [2.45, 2.75) is 32.7 Å². The summed E-state index contributed by atoms with van der Waals surface area (Å²) >= 11 is 0. The van der Waals surface area contributed by atoms with E-state index in [1.54, 1.807) is 13.3 Å². The largest absolute Gasteiger partial charge is 0.491 e. The zero-order chi connectivity index (χ0) is 16.2. The molecule has 0 fully saturated rings. The average Bonchev–Trinajstić information content (AvgIpc) is 2.98. The first-order chi connectivity index (χ1) is 11.2. The van der Waals surface area contributed by atoms with Gasteiger partial charge in [-0.15, -0.1) is 0 Å². The number of nitrogen functional groups attached to an aromatic ring is 1. The van der Waals surface area contributed by atoms with Gasteiger partial charge in [-0.2, -0.15) is 5.10 Å². The van der Waals surface area contributed by atoms with E-state index < -0.39 is 0 Å². The van der Waals surface area contributed by atoms with Crippen molar-refractivity contribution >= 4 is 5.82 Å². The van der Waals surface area contributed by atoms with Crippen molar-refractivity contribution in [3.63, 3.8) is 0 Å². The second kappa shape index (κ2) is 6.64. The van der Waals surface area contributed by atoms with Gasteiger partial charge in [0.15, 0.2) is 17.4 Å². The normalized spacial score (nSPS) is 13.9. The fraction of sp³-hybridized carbons (Fsp3) is 0.353. The molecule has 120 valence electrons. The van der Waals surface area contributed by atoms with Gasteiger partial charge in [-0.25, -0.2) is 9.97 Å². The van der Waals surface area contributed by atoms with Crippen molar-refractivity contribution in [2.24, 2.45) is 0 Å². The molecule has 0 saturated heterocycles. The highest BCUT2D eigenvalue weighted by Gasteiger charge is 2.15. The van der Waals surface area contributed by atoms with E-state index in [1.807, 2.05) is 4.68 Å². The first-order valence-corrected chi connectivity index (χ1v) is 7.79. The minimum absolute atomic E-state index is 0.328. The van der Waals surface area contributed by atoms with Crippen LogP contribution < -0.4 is 10.5 Å². The molecule has 0 spiro atoms. The zero-order valence-electron chi connectivity index (χ0n) is 13.5. The molecular formula is C17H21N5O. The summed E-state index contributed by atoms with van der Waals surface area (Å²) in [4.78, 5) is 8.65. The van der Waals surface area contributed by atoms with E-state index in [0.29, 0.717) is 17.4 Å². The molecule has 1 aliphatic carbocycles. The molecule has 0 amide bonds. The first-order valence-electron chi connectivity index (χ1n) is 7.79. The van der Waals surface area contributed by atoms with Crippen LogP contribution in [0.15, 0.2) is 36.2 Å². The van der Waals surface area contributed by atoms with Crippen molar-refractivity contribution in [2.75, 3.05) is 12.8 Å². The molecule has 0 bridgehead atoms. The Hall–Kier alpha value is -2.63. The Kier molecular flexibility index (Phi) is 4.41. The number of hydrogen-bond acceptors (Lipinski definition) is 5. The van der Waals surface area contributed by atoms with Crippen molar-refractivity contribution in [3.8, 4) is 17.3 Å². The summed E-state index contributed by atoms with van der Waals surface area (Å²) < 4.78 is 7.07. The van der Waals surface area contributed by atoms with E-state index in [2.05, 4.69) is 46.4 Å². The van der Waals surface area contributed by atoms with Gasteiger partial charge in [0.1, 0.15) is 5.69 Å². The van der Waals surface area contributed by atoms with Crippen LogP contribution in [0.1, 0.15) is 25.3 Å². The standard InChI is InChI=1S/C17H21N5O/c1-3-13-11-22(10-12-7-5-4-6-8-12)21-15(13)17-19-9-14(23-2)16(18)20-17/h4-5,7,9,11H,3,6,8,10H2,1-2H3,(H2,18,19,20). The lowest BCUT2D eigenvalue weighted by Crippen LogP contribution is -2.04. The van der Waals surface area contributed by atoms with Crippen LogP contribution in [-0.2, 0) is 13.0 Å². The number of anilines is 1. The Morgan fingerprint density at radius 1 is 1.39 bits per heavy atom. The van der Waals surface area contributed by atoms with Gasteiger partial charge in [0.25, 0.3) is 0 Å². The Morgan fingerprint density at radius 2 is 2.26 bits per heavy atom. The number of methoxy groups -OCH3 is 1. The first kappa shape index (κ1) is 15.3. The molecule has 2 N–H and O–H groups in total. The lowest BCUT2D eigenvalue weighted by atomic mass is 10.1. The maximum atomic E-state index is 5.89. The SMILES string of the molecule is CCc1cn(CC2=CC=CCC2)nc1-c1ncc(OC)c(N)n1. The molecular weight excluding hydrogens is 290 g/mol. The molecule has 0 aromatic carbocycles. The van der Waals surface area contributed by atoms with Crippen LogP contribution in [0.3, 0.4) is 0 Å². The monoisotopic (exact) mass is 311 g/mol. The highest BCUT2D eigenvalue weighted by molar-refractivity contribution is 5.58. The van der Waals surface area contributed by atoms with E-state index in [0.717, 1.165) is 37.1 Å². The molecule has 0 saturated carbocycles. The summed E-state index contributed by atoms with van der Waals surface area (Å²) in [5, 5.41) is 4.67. The van der Waals surface area contributed by atoms with E-state index >= 15 is 0 Å². The van der Waals surface area contributed by atoms with Gasteiger partial charge in [0.05, 0.1) is 19.9 Å². The van der Waals surface area contributed by atoms with Gasteiger partial charge in [-0.3, -0.25) is 4.68 Å². The molecule has 0 atom stereocenters. The average molecular weight is 311 g/mol. The van der Waals surface area contributed by atoms with Crippen LogP contribution in [0.5, 0.6) is 5.75 Å². The Bertz CT molecular complexity index is 760. The van der Waals surface area contributed by atoms with Crippen molar-refractivity contribution in [3.05, 3.63) is 41.8 Å². The van der Waals surface area contributed by atoms with Crippen LogP contribution in [-0.4, -0.2) is 26.9 Å². The van der Waals surface area contributed by atoms with Gasteiger partial charge in [0, 0.05) is 11.8 Å². The quantitative estimate of drug-likeness (QED) is 0.918. The lowest BCUT2D eigenvalue weighted by molar-refractivity contribution is 0.413. The van der Waals surface area contributed by atoms with E-state index in [-0.39, 0.29) is 0 Å². The molecule has 3 rings (SSSR count). The fourth-order valence-corrected chi connectivity index (χ4v) is 2.64. The van der Waals surface area contributed by atoms with Gasteiger partial charge >= 0.3 is 0 Å². The maximum Gasteiger partial charge on any atom is 0.182 e. The van der Waals surface area contributed by atoms with Gasteiger partial charge in [-0.05, 0) is 24.8 Å². The number of aromatic nitrogens is 4. The summed E-state index contributed by atoms with van der Waals surface area (Å²) in [6.07, 6.45) is 13.2. The lowest BCUT2D eigenvalue weighted by Gasteiger charge is -2.08. The summed E-state index contributed by atoms with van der Waals surface area (Å²) in [5.74, 6) is 1.34. The van der Waals surface area contributed by atoms with Crippen LogP contribution in [0.2, 0.25) is 0 Å². The number of nitrogens with two attached hydrogens (primary N) is 1. The Balaban J connectivity index is 1.91. The van der Waals surface area contributed by atoms with Gasteiger partial charge in [0.2, 0.25) is 0 Å². The number of allylic oxidation sites excluding steroid dienone is 4. The van der Waals surface area contributed by atoms with Crippen molar-refractivity contribution in [1.29, 1.82) is 0 Å². The van der Waals surface area contributed by atoms with E-state index in [4.69, 9.17) is 10.5 Å². The number of ether oxygens (including phenoxy) is 1. The predicted molar refractivity (Wildman–Crippen MR) is 90.1 cm³/mol. The highest BCUT2D eigenvalue weighted by atomic mass is 16.5. The molecule has 6 nitrogen and oxygen atoms in total. The number of rotatable bonds is 5. The number of nitrogens with zero attached hydrogens (tertiary/aromatic N) is 4. The number of hydrogen-bond donors (Lipinski definition) is 1. The third-order valence-electron chi connectivity index (χ3n) is 3.90. The topological polar surface area (TPSA) is 78.8 Å². The fourth-order valence-electron chi connectivity index (χ4n) is 2.64. The zero-order valence-corrected chi connectivity index (χ0v) is 13.5. The maximum absolute atomic E-state index is 5.89. The Labute approximate surface area is 135 Å². The molecule has 2 aromatic heterocycles. The molecule has 0 aliphatic heterocycles. The second-order valence-electron chi connectivity index (χ2n) is 5.49. The Morgan fingerprint density at radius 3 is 2.91 bits per heavy atom. The molecule has 0 unspecified atom stereocenters.